The van der Waals surface area contributed by atoms with Crippen LogP contribution in [0.25, 0.3) is 0 Å². The molecule has 0 heterocycles. The molecule has 0 aromatic rings. The highest BCUT2D eigenvalue weighted by molar-refractivity contribution is 4.47. The van der Waals surface area contributed by atoms with E-state index in [-0.39, 0.29) is 6.42 Å². The van der Waals surface area contributed by atoms with Crippen molar-refractivity contribution in [2.24, 2.45) is 0 Å². The van der Waals surface area contributed by atoms with Crippen LogP contribution >= 0.6 is 0 Å². The first kappa shape index (κ1) is 6.88. The van der Waals surface area contributed by atoms with Gasteiger partial charge in [-0.15, -0.1) is 0 Å². The van der Waals surface area contributed by atoms with Gasteiger partial charge in [-0.3, -0.25) is 0 Å². The summed E-state index contributed by atoms with van der Waals surface area (Å²) in [5.74, 6) is -2.51. The van der Waals surface area contributed by atoms with E-state index in [0.29, 0.717) is 6.42 Å². The Hall–Kier alpha value is -0.120. The van der Waals surface area contributed by atoms with Crippen LogP contribution < -0.4 is 0 Å². The topological polar surface area (TPSA) is 60.7 Å². The van der Waals surface area contributed by atoms with Crippen molar-refractivity contribution in [2.45, 2.75) is 18.8 Å². The fraction of sp³-hybridized carbons (Fsp3) is 0.750. The summed E-state index contributed by atoms with van der Waals surface area (Å²) in [5, 5.41) is 24.3. The lowest BCUT2D eigenvalue weighted by Crippen LogP contribution is -2.26. The van der Waals surface area contributed by atoms with Crippen molar-refractivity contribution in [3.05, 3.63) is 6.92 Å². The van der Waals surface area contributed by atoms with Crippen LogP contribution in [0.4, 0.5) is 0 Å². The normalized spacial score (nSPS) is 12.0. The summed E-state index contributed by atoms with van der Waals surface area (Å²) < 4.78 is 0. The summed E-state index contributed by atoms with van der Waals surface area (Å²) in [6.07, 6.45) is 0.205. The highest BCUT2D eigenvalue weighted by Crippen LogP contribution is 2.01. The van der Waals surface area contributed by atoms with E-state index < -0.39 is 5.97 Å². The van der Waals surface area contributed by atoms with Crippen LogP contribution in [-0.4, -0.2) is 21.3 Å². The third kappa shape index (κ3) is 5.88. The molecule has 0 saturated carbocycles. The molecule has 0 bridgehead atoms. The molecular weight excluding hydrogens is 96.0 g/mol. The smallest absolute Gasteiger partial charge is 0.275 e. The van der Waals surface area contributed by atoms with E-state index in [9.17, 15) is 0 Å². The molecule has 0 amide bonds. The van der Waals surface area contributed by atoms with Crippen molar-refractivity contribution in [2.75, 3.05) is 0 Å². The monoisotopic (exact) mass is 105 g/mol. The highest BCUT2D eigenvalue weighted by atomic mass is 16.7. The Morgan fingerprint density at radius 1 is 1.29 bits per heavy atom. The summed E-state index contributed by atoms with van der Waals surface area (Å²) in [7, 11) is 0. The van der Waals surface area contributed by atoms with Gasteiger partial charge in [-0.2, -0.15) is 0 Å². The third-order valence-corrected chi connectivity index (χ3v) is 0.512. The largest absolute Gasteiger partial charge is 0.344 e. The maximum Gasteiger partial charge on any atom is 0.275 e. The lowest BCUT2D eigenvalue weighted by Gasteiger charge is -2.10. The Bertz CT molecular complexity index is 45.4. The number of rotatable bonds is 2. The molecule has 3 heteroatoms. The minimum absolute atomic E-state index is 0.104. The summed E-state index contributed by atoms with van der Waals surface area (Å²) in [5.41, 5.74) is 0. The van der Waals surface area contributed by atoms with Gasteiger partial charge >= 0.3 is 0 Å². The van der Waals surface area contributed by atoms with E-state index in [2.05, 4.69) is 6.92 Å². The first-order chi connectivity index (χ1) is 3.06. The van der Waals surface area contributed by atoms with Crippen LogP contribution in [0.2, 0.25) is 0 Å². The molecular formula is C4H9O3. The summed E-state index contributed by atoms with van der Waals surface area (Å²) in [4.78, 5) is 0. The molecule has 0 saturated heterocycles. The lowest BCUT2D eigenvalue weighted by atomic mass is 10.3. The predicted molar refractivity (Wildman–Crippen MR) is 24.0 cm³/mol. The first-order valence-corrected chi connectivity index (χ1v) is 2.02. The van der Waals surface area contributed by atoms with Crippen LogP contribution in [0, 0.1) is 6.92 Å². The van der Waals surface area contributed by atoms with E-state index in [4.69, 9.17) is 15.3 Å². The number of aliphatic hydroxyl groups is 3. The van der Waals surface area contributed by atoms with Crippen molar-refractivity contribution in [3.8, 4) is 0 Å². The molecule has 3 nitrogen and oxygen atoms in total. The highest BCUT2D eigenvalue weighted by Gasteiger charge is 2.14. The summed E-state index contributed by atoms with van der Waals surface area (Å²) in [6, 6.07) is 0. The van der Waals surface area contributed by atoms with Gasteiger partial charge in [0, 0.05) is 6.42 Å². The first-order valence-electron chi connectivity index (χ1n) is 2.02. The van der Waals surface area contributed by atoms with Crippen LogP contribution in [-0.2, 0) is 0 Å². The molecule has 7 heavy (non-hydrogen) atoms. The molecule has 3 N–H and O–H groups in total. The molecule has 0 aromatic carbocycles. The Morgan fingerprint density at radius 2 is 1.71 bits per heavy atom. The summed E-state index contributed by atoms with van der Waals surface area (Å²) in [6.45, 7) is 3.29. The molecule has 0 spiro atoms. The van der Waals surface area contributed by atoms with Gasteiger partial charge in [0.1, 0.15) is 0 Å². The standard InChI is InChI=1S/C4H9O3/c1-2-3-4(5,6)7/h5-7H,1-3H2. The molecule has 0 aliphatic carbocycles. The second-order valence-corrected chi connectivity index (χ2v) is 1.38. The van der Waals surface area contributed by atoms with E-state index in [0.717, 1.165) is 0 Å². The van der Waals surface area contributed by atoms with Gasteiger partial charge in [0.15, 0.2) is 0 Å². The Balaban J connectivity index is 3.15. The van der Waals surface area contributed by atoms with Crippen molar-refractivity contribution >= 4 is 0 Å². The van der Waals surface area contributed by atoms with E-state index in [1.165, 1.54) is 0 Å². The molecule has 0 atom stereocenters. The van der Waals surface area contributed by atoms with Crippen LogP contribution in [0.1, 0.15) is 12.8 Å². The molecule has 0 aliphatic heterocycles. The zero-order valence-electron chi connectivity index (χ0n) is 3.96. The van der Waals surface area contributed by atoms with Crippen molar-refractivity contribution in [1.29, 1.82) is 0 Å². The van der Waals surface area contributed by atoms with Crippen molar-refractivity contribution in [3.63, 3.8) is 0 Å². The van der Waals surface area contributed by atoms with Gasteiger partial charge < -0.3 is 15.3 Å². The van der Waals surface area contributed by atoms with E-state index in [1.807, 2.05) is 0 Å². The van der Waals surface area contributed by atoms with Gasteiger partial charge in [-0.05, 0) is 6.42 Å². The Morgan fingerprint density at radius 3 is 1.71 bits per heavy atom. The Kier molecular flexibility index (Phi) is 2.22. The molecule has 43 valence electrons. The van der Waals surface area contributed by atoms with Crippen LogP contribution in [0.3, 0.4) is 0 Å². The molecule has 0 rings (SSSR count). The van der Waals surface area contributed by atoms with Gasteiger partial charge in [0.2, 0.25) is 0 Å². The van der Waals surface area contributed by atoms with Gasteiger partial charge in [-0.1, -0.05) is 6.92 Å². The van der Waals surface area contributed by atoms with Crippen LogP contribution in [0.5, 0.6) is 0 Å². The molecule has 0 aliphatic rings. The quantitative estimate of drug-likeness (QED) is 0.404. The maximum atomic E-state index is 8.09. The van der Waals surface area contributed by atoms with Gasteiger partial charge in [0.05, 0.1) is 0 Å². The van der Waals surface area contributed by atoms with Gasteiger partial charge in [-0.25, -0.2) is 0 Å². The average molecular weight is 105 g/mol. The zero-order chi connectivity index (χ0) is 5.91. The van der Waals surface area contributed by atoms with E-state index >= 15 is 0 Å². The molecule has 1 radical (unpaired) electrons. The molecule has 0 fully saturated rings. The minimum atomic E-state index is -2.51. The molecule has 0 unspecified atom stereocenters. The molecule has 0 aromatic heterocycles. The SMILES string of the molecule is [CH2]CCC(O)(O)O. The lowest BCUT2D eigenvalue weighted by molar-refractivity contribution is -0.313. The number of hydrogen-bond acceptors (Lipinski definition) is 3. The van der Waals surface area contributed by atoms with Gasteiger partial charge in [0.25, 0.3) is 5.97 Å². The predicted octanol–water partition coefficient (Wildman–Crippen LogP) is -0.769. The number of hydrogen-bond donors (Lipinski definition) is 3. The Labute approximate surface area is 42.2 Å². The minimum Gasteiger partial charge on any atom is -0.344 e. The second-order valence-electron chi connectivity index (χ2n) is 1.38. The van der Waals surface area contributed by atoms with Crippen molar-refractivity contribution < 1.29 is 15.3 Å². The zero-order valence-corrected chi connectivity index (χ0v) is 3.96. The van der Waals surface area contributed by atoms with Crippen molar-refractivity contribution in [1.82, 2.24) is 0 Å². The second kappa shape index (κ2) is 2.26. The summed E-state index contributed by atoms with van der Waals surface area (Å²) >= 11 is 0. The fourth-order valence-electron chi connectivity index (χ4n) is 0.237. The fourth-order valence-corrected chi connectivity index (χ4v) is 0.237. The van der Waals surface area contributed by atoms with Crippen LogP contribution in [0.15, 0.2) is 0 Å². The van der Waals surface area contributed by atoms with E-state index in [1.54, 1.807) is 0 Å². The average Bonchev–Trinajstić information content (AvgIpc) is 1.30. The third-order valence-electron chi connectivity index (χ3n) is 0.512. The maximum absolute atomic E-state index is 8.09.